The monoisotopic (exact) mass is 440 g/mol. The molecule has 0 aliphatic rings. The minimum absolute atomic E-state index is 0.909. The van der Waals surface area contributed by atoms with Crippen molar-refractivity contribution in [2.45, 2.75) is 0 Å². The first kappa shape index (κ1) is 18.7. The number of hydrogen-bond donors (Lipinski definition) is 0. The van der Waals surface area contributed by atoms with Crippen LogP contribution in [0.1, 0.15) is 0 Å². The van der Waals surface area contributed by atoms with Gasteiger partial charge in [-0.3, -0.25) is 0 Å². The van der Waals surface area contributed by atoms with Crippen LogP contribution in [-0.4, -0.2) is 7.11 Å². The largest absolute Gasteiger partial charge is 0.496 e. The molecule has 1 heterocycles. The van der Waals surface area contributed by atoms with E-state index in [2.05, 4.69) is 103 Å². The lowest BCUT2D eigenvalue weighted by Crippen LogP contribution is -1.89. The molecule has 1 nitrogen and oxygen atoms in total. The lowest BCUT2D eigenvalue weighted by atomic mass is 9.90. The van der Waals surface area contributed by atoms with Crippen molar-refractivity contribution in [3.63, 3.8) is 0 Å². The minimum Gasteiger partial charge on any atom is -0.496 e. The van der Waals surface area contributed by atoms with Crippen molar-refractivity contribution < 1.29 is 4.74 Å². The molecule has 0 aliphatic heterocycles. The van der Waals surface area contributed by atoms with Crippen LogP contribution in [0.3, 0.4) is 0 Å². The van der Waals surface area contributed by atoms with E-state index in [1.165, 1.54) is 58.2 Å². The highest BCUT2D eigenvalue weighted by Gasteiger charge is 2.16. The zero-order valence-electron chi connectivity index (χ0n) is 18.1. The summed E-state index contributed by atoms with van der Waals surface area (Å²) in [5.74, 6) is 0.909. The molecule has 0 unspecified atom stereocenters. The highest BCUT2D eigenvalue weighted by Crippen LogP contribution is 2.45. The Morgan fingerprint density at radius 1 is 0.545 bits per heavy atom. The van der Waals surface area contributed by atoms with E-state index in [9.17, 15) is 0 Å². The van der Waals surface area contributed by atoms with Crippen molar-refractivity contribution in [3.8, 4) is 16.9 Å². The summed E-state index contributed by atoms with van der Waals surface area (Å²) >= 11 is 1.90. The van der Waals surface area contributed by atoms with Gasteiger partial charge in [0.1, 0.15) is 5.75 Å². The average molecular weight is 441 g/mol. The van der Waals surface area contributed by atoms with Gasteiger partial charge in [0, 0.05) is 30.9 Å². The number of rotatable bonds is 2. The van der Waals surface area contributed by atoms with Gasteiger partial charge in [-0.2, -0.15) is 0 Å². The van der Waals surface area contributed by atoms with E-state index in [-0.39, 0.29) is 0 Å². The molecule has 33 heavy (non-hydrogen) atoms. The van der Waals surface area contributed by atoms with E-state index in [0.717, 1.165) is 11.1 Å². The molecular formula is C31H20OS. The molecule has 0 atom stereocenters. The first-order chi connectivity index (χ1) is 16.3. The Labute approximate surface area is 195 Å². The maximum absolute atomic E-state index is 5.67. The fraction of sp³-hybridized carbons (Fsp3) is 0.0323. The molecule has 0 N–H and O–H groups in total. The maximum atomic E-state index is 5.67. The molecule has 6 aromatic carbocycles. The SMILES string of the molecule is COc1ccc(-c2cc3ccccc3c3c2ccc2c4ccccc4sc23)c2ccccc12. The van der Waals surface area contributed by atoms with Crippen LogP contribution in [0, 0.1) is 0 Å². The number of hydrogen-bond acceptors (Lipinski definition) is 2. The molecule has 0 aliphatic carbocycles. The lowest BCUT2D eigenvalue weighted by molar-refractivity contribution is 0.420. The van der Waals surface area contributed by atoms with Crippen molar-refractivity contribution in [1.29, 1.82) is 0 Å². The normalized spacial score (nSPS) is 11.8. The third-order valence-electron chi connectivity index (χ3n) is 6.76. The molecule has 0 radical (unpaired) electrons. The first-order valence-electron chi connectivity index (χ1n) is 11.2. The Kier molecular flexibility index (Phi) is 3.99. The average Bonchev–Trinajstić information content (AvgIpc) is 3.26. The van der Waals surface area contributed by atoms with Gasteiger partial charge in [-0.15, -0.1) is 11.3 Å². The van der Waals surface area contributed by atoms with Gasteiger partial charge in [-0.25, -0.2) is 0 Å². The second-order valence-corrected chi connectivity index (χ2v) is 9.52. The summed E-state index contributed by atoms with van der Waals surface area (Å²) in [7, 11) is 1.74. The van der Waals surface area contributed by atoms with Crippen LogP contribution in [-0.2, 0) is 0 Å². The number of thiophene rings is 1. The Hall–Kier alpha value is -3.88. The summed E-state index contributed by atoms with van der Waals surface area (Å²) in [6.45, 7) is 0. The molecule has 156 valence electrons. The second-order valence-electron chi connectivity index (χ2n) is 8.47. The van der Waals surface area contributed by atoms with Gasteiger partial charge in [-0.05, 0) is 50.9 Å². The van der Waals surface area contributed by atoms with E-state index in [0.29, 0.717) is 0 Å². The van der Waals surface area contributed by atoms with Gasteiger partial charge in [0.15, 0.2) is 0 Å². The summed E-state index contributed by atoms with van der Waals surface area (Å²) in [6.07, 6.45) is 0. The van der Waals surface area contributed by atoms with Crippen LogP contribution in [0.25, 0.3) is 63.6 Å². The van der Waals surface area contributed by atoms with E-state index >= 15 is 0 Å². The van der Waals surface area contributed by atoms with Crippen molar-refractivity contribution in [2.75, 3.05) is 7.11 Å². The predicted molar refractivity (Wildman–Crippen MR) is 144 cm³/mol. The van der Waals surface area contributed by atoms with E-state index in [1.807, 2.05) is 11.3 Å². The number of benzene rings is 6. The number of ether oxygens (including phenoxy) is 1. The van der Waals surface area contributed by atoms with E-state index in [1.54, 1.807) is 7.11 Å². The number of methoxy groups -OCH3 is 1. The van der Waals surface area contributed by atoms with Gasteiger partial charge in [0.05, 0.1) is 7.11 Å². The minimum atomic E-state index is 0.909. The van der Waals surface area contributed by atoms with Gasteiger partial charge in [0.2, 0.25) is 0 Å². The summed E-state index contributed by atoms with van der Waals surface area (Å²) < 4.78 is 8.37. The lowest BCUT2D eigenvalue weighted by Gasteiger charge is -2.15. The predicted octanol–water partition coefficient (Wildman–Crippen LogP) is 9.19. The summed E-state index contributed by atoms with van der Waals surface area (Å²) in [5, 5.41) is 10.3. The fourth-order valence-electron chi connectivity index (χ4n) is 5.27. The molecule has 7 rings (SSSR count). The molecular weight excluding hydrogens is 420 g/mol. The second kappa shape index (κ2) is 7.06. The summed E-state index contributed by atoms with van der Waals surface area (Å²) in [5.41, 5.74) is 2.50. The third kappa shape index (κ3) is 2.65. The topological polar surface area (TPSA) is 9.23 Å². The van der Waals surface area contributed by atoms with Crippen LogP contribution in [0.2, 0.25) is 0 Å². The molecule has 0 amide bonds. The molecule has 2 heteroatoms. The van der Waals surface area contributed by atoms with Crippen molar-refractivity contribution >= 4 is 63.8 Å². The standard InChI is InChI=1S/C31H20OS/c1-32-28-17-16-22(21-10-4-5-11-23(21)28)27-18-19-8-2-3-9-20(19)30-25(27)14-15-26-24-12-6-7-13-29(24)33-31(26)30/h2-18H,1H3. The van der Waals surface area contributed by atoms with Gasteiger partial charge in [0.25, 0.3) is 0 Å². The van der Waals surface area contributed by atoms with Crippen LogP contribution in [0.4, 0.5) is 0 Å². The Morgan fingerprint density at radius 3 is 2.09 bits per heavy atom. The summed E-state index contributed by atoms with van der Waals surface area (Å²) in [4.78, 5) is 0. The van der Waals surface area contributed by atoms with Crippen molar-refractivity contribution in [1.82, 2.24) is 0 Å². The van der Waals surface area contributed by atoms with E-state index in [4.69, 9.17) is 4.74 Å². The molecule has 0 fully saturated rings. The molecule has 0 saturated carbocycles. The van der Waals surface area contributed by atoms with Gasteiger partial charge in [-0.1, -0.05) is 84.9 Å². The highest BCUT2D eigenvalue weighted by molar-refractivity contribution is 7.26. The fourth-order valence-corrected chi connectivity index (χ4v) is 6.54. The van der Waals surface area contributed by atoms with Crippen LogP contribution in [0.5, 0.6) is 5.75 Å². The highest BCUT2D eigenvalue weighted by atomic mass is 32.1. The van der Waals surface area contributed by atoms with E-state index < -0.39 is 0 Å². The van der Waals surface area contributed by atoms with Gasteiger partial charge < -0.3 is 4.74 Å². The zero-order chi connectivity index (χ0) is 21.9. The molecule has 0 bridgehead atoms. The molecule has 1 aromatic heterocycles. The first-order valence-corrected chi connectivity index (χ1v) is 12.0. The Morgan fingerprint density at radius 2 is 1.24 bits per heavy atom. The molecule has 7 aromatic rings. The maximum Gasteiger partial charge on any atom is 0.126 e. The smallest absolute Gasteiger partial charge is 0.126 e. The Bertz CT molecular complexity index is 1860. The van der Waals surface area contributed by atoms with Crippen LogP contribution >= 0.6 is 11.3 Å². The van der Waals surface area contributed by atoms with Crippen LogP contribution < -0.4 is 4.74 Å². The third-order valence-corrected chi connectivity index (χ3v) is 7.97. The zero-order valence-corrected chi connectivity index (χ0v) is 18.9. The van der Waals surface area contributed by atoms with Crippen molar-refractivity contribution in [2.24, 2.45) is 0 Å². The number of fused-ring (bicyclic) bond motifs is 8. The van der Waals surface area contributed by atoms with Crippen LogP contribution in [0.15, 0.2) is 103 Å². The van der Waals surface area contributed by atoms with Gasteiger partial charge >= 0.3 is 0 Å². The summed E-state index contributed by atoms with van der Waals surface area (Å²) in [6, 6.07) is 37.3. The Balaban J connectivity index is 1.69. The molecule has 0 saturated heterocycles. The molecule has 0 spiro atoms. The van der Waals surface area contributed by atoms with Crippen molar-refractivity contribution in [3.05, 3.63) is 103 Å². The quantitative estimate of drug-likeness (QED) is 0.243.